The molecular weight excluding hydrogens is 112 g/mol. The zero-order valence-electron chi connectivity index (χ0n) is 6.01. The molecular formula is C7H14N2. The number of fused-ring (bicyclic) bond motifs is 1. The lowest BCUT2D eigenvalue weighted by Crippen LogP contribution is -2.23. The van der Waals surface area contributed by atoms with Crippen molar-refractivity contribution in [3.8, 4) is 0 Å². The topological polar surface area (TPSA) is 6.48 Å². The maximum absolute atomic E-state index is 2.58. The molecule has 0 bridgehead atoms. The summed E-state index contributed by atoms with van der Waals surface area (Å²) in [7, 11) is 2.21. The molecule has 2 aliphatic rings. The normalized spacial score (nSPS) is 37.7. The molecule has 2 saturated heterocycles. The van der Waals surface area contributed by atoms with Crippen LogP contribution in [-0.2, 0) is 0 Å². The lowest BCUT2D eigenvalue weighted by atomic mass is 10.2. The monoisotopic (exact) mass is 126 g/mol. The van der Waals surface area contributed by atoms with Gasteiger partial charge in [-0.15, -0.1) is 0 Å². The Balaban J connectivity index is 2.02. The first kappa shape index (κ1) is 5.69. The van der Waals surface area contributed by atoms with E-state index in [2.05, 4.69) is 16.8 Å². The minimum absolute atomic E-state index is 0.912. The largest absolute Gasteiger partial charge is 0.292 e. The van der Waals surface area contributed by atoms with Crippen LogP contribution in [0.15, 0.2) is 0 Å². The van der Waals surface area contributed by atoms with Gasteiger partial charge in [-0.05, 0) is 26.4 Å². The summed E-state index contributed by atoms with van der Waals surface area (Å²) in [5, 5.41) is 0. The van der Waals surface area contributed by atoms with Crippen LogP contribution in [0.2, 0.25) is 0 Å². The van der Waals surface area contributed by atoms with Gasteiger partial charge < -0.3 is 0 Å². The number of nitrogens with zero attached hydrogens (tertiary/aromatic N) is 2. The van der Waals surface area contributed by atoms with Crippen LogP contribution in [-0.4, -0.2) is 42.6 Å². The average molecular weight is 126 g/mol. The second-order valence-corrected chi connectivity index (χ2v) is 3.29. The Labute approximate surface area is 56.4 Å². The Morgan fingerprint density at radius 3 is 3.11 bits per heavy atom. The zero-order valence-corrected chi connectivity index (χ0v) is 6.01. The summed E-state index contributed by atoms with van der Waals surface area (Å²) in [4.78, 5) is 4.99. The molecule has 0 aromatic carbocycles. The fraction of sp³-hybridized carbons (Fsp3) is 1.00. The van der Waals surface area contributed by atoms with E-state index in [1.807, 2.05) is 0 Å². The van der Waals surface area contributed by atoms with Crippen molar-refractivity contribution in [2.24, 2.45) is 0 Å². The highest BCUT2D eigenvalue weighted by Crippen LogP contribution is 2.22. The highest BCUT2D eigenvalue weighted by Gasteiger charge is 2.31. The lowest BCUT2D eigenvalue weighted by molar-refractivity contribution is 0.280. The molecule has 0 spiro atoms. The Morgan fingerprint density at radius 1 is 1.44 bits per heavy atom. The van der Waals surface area contributed by atoms with Crippen LogP contribution >= 0.6 is 0 Å². The number of hydrogen-bond acceptors (Lipinski definition) is 2. The molecule has 2 aliphatic heterocycles. The van der Waals surface area contributed by atoms with Gasteiger partial charge in [-0.1, -0.05) is 0 Å². The second kappa shape index (κ2) is 1.96. The Morgan fingerprint density at radius 2 is 2.33 bits per heavy atom. The van der Waals surface area contributed by atoms with Crippen molar-refractivity contribution < 1.29 is 0 Å². The Hall–Kier alpha value is -0.0800. The standard InChI is InChI=1S/C7H14N2/c1-8-5-7-3-2-4-9(7)6-8/h7H,2-6H2,1H3. The molecule has 0 N–H and O–H groups in total. The summed E-state index contributed by atoms with van der Waals surface area (Å²) in [6.45, 7) is 3.86. The van der Waals surface area contributed by atoms with Gasteiger partial charge in [0.2, 0.25) is 0 Å². The first-order chi connectivity index (χ1) is 4.36. The predicted octanol–water partition coefficient (Wildman–Crippen LogP) is 0.354. The predicted molar refractivity (Wildman–Crippen MR) is 37.2 cm³/mol. The van der Waals surface area contributed by atoms with Crippen molar-refractivity contribution in [3.63, 3.8) is 0 Å². The van der Waals surface area contributed by atoms with E-state index in [4.69, 9.17) is 0 Å². The number of rotatable bonds is 0. The minimum atomic E-state index is 0.912. The quantitative estimate of drug-likeness (QED) is 0.462. The Kier molecular flexibility index (Phi) is 1.24. The van der Waals surface area contributed by atoms with Crippen LogP contribution in [0.4, 0.5) is 0 Å². The van der Waals surface area contributed by atoms with Crippen LogP contribution in [0.5, 0.6) is 0 Å². The van der Waals surface area contributed by atoms with Gasteiger partial charge in [0.05, 0.1) is 6.67 Å². The maximum atomic E-state index is 2.58. The van der Waals surface area contributed by atoms with E-state index in [1.165, 1.54) is 32.6 Å². The van der Waals surface area contributed by atoms with Crippen molar-refractivity contribution in [2.75, 3.05) is 26.8 Å². The highest BCUT2D eigenvalue weighted by molar-refractivity contribution is 4.85. The van der Waals surface area contributed by atoms with Gasteiger partial charge in [-0.2, -0.15) is 0 Å². The van der Waals surface area contributed by atoms with Gasteiger partial charge in [0, 0.05) is 12.6 Å². The number of likely N-dealkylation sites (N-methyl/N-ethyl adjacent to an activating group) is 1. The highest BCUT2D eigenvalue weighted by atomic mass is 15.4. The van der Waals surface area contributed by atoms with Crippen molar-refractivity contribution in [2.45, 2.75) is 18.9 Å². The van der Waals surface area contributed by atoms with Crippen LogP contribution in [0.25, 0.3) is 0 Å². The molecule has 0 saturated carbocycles. The first-order valence-corrected chi connectivity index (χ1v) is 3.79. The summed E-state index contributed by atoms with van der Waals surface area (Å²) in [5.41, 5.74) is 0. The van der Waals surface area contributed by atoms with Gasteiger partial charge in [0.15, 0.2) is 0 Å². The van der Waals surface area contributed by atoms with E-state index in [0.717, 1.165) is 6.04 Å². The fourth-order valence-corrected chi connectivity index (χ4v) is 2.02. The number of hydrogen-bond donors (Lipinski definition) is 0. The van der Waals surface area contributed by atoms with Crippen LogP contribution < -0.4 is 0 Å². The van der Waals surface area contributed by atoms with E-state index in [1.54, 1.807) is 0 Å². The summed E-state index contributed by atoms with van der Waals surface area (Å²) >= 11 is 0. The third kappa shape index (κ3) is 0.864. The summed E-state index contributed by atoms with van der Waals surface area (Å²) < 4.78 is 0. The summed E-state index contributed by atoms with van der Waals surface area (Å²) in [6, 6.07) is 0.912. The smallest absolute Gasteiger partial charge is 0.0507 e. The molecule has 1 atom stereocenters. The molecule has 0 amide bonds. The van der Waals surface area contributed by atoms with Gasteiger partial charge >= 0.3 is 0 Å². The van der Waals surface area contributed by atoms with Gasteiger partial charge in [0.25, 0.3) is 0 Å². The van der Waals surface area contributed by atoms with Crippen molar-refractivity contribution in [1.29, 1.82) is 0 Å². The molecule has 2 heteroatoms. The second-order valence-electron chi connectivity index (χ2n) is 3.29. The van der Waals surface area contributed by atoms with Gasteiger partial charge in [0.1, 0.15) is 0 Å². The minimum Gasteiger partial charge on any atom is -0.292 e. The molecule has 0 radical (unpaired) electrons. The van der Waals surface area contributed by atoms with E-state index in [9.17, 15) is 0 Å². The summed E-state index contributed by atoms with van der Waals surface area (Å²) in [6.07, 6.45) is 2.86. The molecule has 0 aromatic heterocycles. The Bertz CT molecular complexity index is 101. The molecule has 1 unspecified atom stereocenters. The van der Waals surface area contributed by atoms with Crippen LogP contribution in [0, 0.1) is 0 Å². The molecule has 0 aromatic rings. The lowest BCUT2D eigenvalue weighted by Gasteiger charge is -2.11. The molecule has 9 heavy (non-hydrogen) atoms. The molecule has 2 rings (SSSR count). The van der Waals surface area contributed by atoms with Crippen LogP contribution in [0.1, 0.15) is 12.8 Å². The van der Waals surface area contributed by atoms with Gasteiger partial charge in [-0.25, -0.2) is 0 Å². The van der Waals surface area contributed by atoms with Crippen LogP contribution in [0.3, 0.4) is 0 Å². The van der Waals surface area contributed by atoms with E-state index < -0.39 is 0 Å². The van der Waals surface area contributed by atoms with Crippen molar-refractivity contribution >= 4 is 0 Å². The molecule has 0 aliphatic carbocycles. The van der Waals surface area contributed by atoms with Crippen molar-refractivity contribution in [3.05, 3.63) is 0 Å². The maximum Gasteiger partial charge on any atom is 0.0507 e. The molecule has 52 valence electrons. The SMILES string of the molecule is CN1CC2CCCN2C1. The zero-order chi connectivity index (χ0) is 6.27. The summed E-state index contributed by atoms with van der Waals surface area (Å²) in [5.74, 6) is 0. The van der Waals surface area contributed by atoms with E-state index in [0.29, 0.717) is 0 Å². The molecule has 2 heterocycles. The van der Waals surface area contributed by atoms with E-state index >= 15 is 0 Å². The third-order valence-corrected chi connectivity index (χ3v) is 2.44. The van der Waals surface area contributed by atoms with Crippen molar-refractivity contribution in [1.82, 2.24) is 9.80 Å². The molecule has 2 fully saturated rings. The fourth-order valence-electron chi connectivity index (χ4n) is 2.02. The average Bonchev–Trinajstić information content (AvgIpc) is 2.22. The van der Waals surface area contributed by atoms with E-state index in [-0.39, 0.29) is 0 Å². The molecule has 2 nitrogen and oxygen atoms in total. The van der Waals surface area contributed by atoms with Gasteiger partial charge in [-0.3, -0.25) is 9.80 Å². The third-order valence-electron chi connectivity index (χ3n) is 2.44. The first-order valence-electron chi connectivity index (χ1n) is 3.79.